The van der Waals surface area contributed by atoms with Crippen LogP contribution in [0, 0.1) is 0 Å². The normalized spacial score (nSPS) is 9.31. The van der Waals surface area contributed by atoms with Gasteiger partial charge >= 0.3 is 17.4 Å². The topological polar surface area (TPSA) is 40.1 Å². The van der Waals surface area contributed by atoms with Crippen LogP contribution in [0.3, 0.4) is 0 Å². The zero-order chi connectivity index (χ0) is 9.23. The molecule has 0 aromatic heterocycles. The molecule has 0 rings (SSSR count). The second-order valence-electron chi connectivity index (χ2n) is 3.24. The van der Waals surface area contributed by atoms with Crippen LogP contribution in [0.2, 0.25) is 0 Å². The Kier molecular flexibility index (Phi) is 14.3. The SMILES string of the molecule is CCCCCCCCCC(=O)[O-].[Al+]. The van der Waals surface area contributed by atoms with E-state index in [0.717, 1.165) is 12.8 Å². The van der Waals surface area contributed by atoms with E-state index in [4.69, 9.17) is 0 Å². The monoisotopic (exact) mass is 198 g/mol. The van der Waals surface area contributed by atoms with Crippen LogP contribution in [0.25, 0.3) is 0 Å². The van der Waals surface area contributed by atoms with E-state index >= 15 is 0 Å². The predicted octanol–water partition coefficient (Wildman–Crippen LogP) is 1.50. The van der Waals surface area contributed by atoms with Gasteiger partial charge in [-0.1, -0.05) is 45.4 Å². The van der Waals surface area contributed by atoms with E-state index in [9.17, 15) is 9.90 Å². The molecule has 74 valence electrons. The first-order valence-corrected chi connectivity index (χ1v) is 4.97. The number of carboxylic acid groups (broad SMARTS) is 1. The molecule has 2 nitrogen and oxygen atoms in total. The Balaban J connectivity index is 0. The molecule has 0 aliphatic carbocycles. The summed E-state index contributed by atoms with van der Waals surface area (Å²) in [5, 5.41) is 10.0. The van der Waals surface area contributed by atoms with Gasteiger partial charge in [-0.15, -0.1) is 0 Å². The fraction of sp³-hybridized carbons (Fsp3) is 0.900. The van der Waals surface area contributed by atoms with E-state index < -0.39 is 5.97 Å². The number of hydrogen-bond acceptors (Lipinski definition) is 2. The number of rotatable bonds is 8. The Morgan fingerprint density at radius 3 is 1.92 bits per heavy atom. The summed E-state index contributed by atoms with van der Waals surface area (Å²) in [5.41, 5.74) is 0. The van der Waals surface area contributed by atoms with Gasteiger partial charge in [-0.2, -0.15) is 0 Å². The van der Waals surface area contributed by atoms with Crippen molar-refractivity contribution in [3.8, 4) is 0 Å². The van der Waals surface area contributed by atoms with Crippen molar-refractivity contribution in [2.75, 3.05) is 0 Å². The molecule has 0 bridgehead atoms. The van der Waals surface area contributed by atoms with Gasteiger partial charge in [0, 0.05) is 5.97 Å². The van der Waals surface area contributed by atoms with Crippen molar-refractivity contribution in [1.82, 2.24) is 0 Å². The quantitative estimate of drug-likeness (QED) is 0.438. The average Bonchev–Trinajstić information content (AvgIpc) is 2.02. The van der Waals surface area contributed by atoms with E-state index in [1.807, 2.05) is 0 Å². The molecule has 0 aromatic rings. The number of hydrogen-bond donors (Lipinski definition) is 0. The third kappa shape index (κ3) is 14.8. The summed E-state index contributed by atoms with van der Waals surface area (Å²) in [4.78, 5) is 10.0. The molecule has 0 atom stereocenters. The van der Waals surface area contributed by atoms with Crippen molar-refractivity contribution < 1.29 is 9.90 Å². The molecular formula is C10H19AlO2. The van der Waals surface area contributed by atoms with Gasteiger partial charge in [0.15, 0.2) is 0 Å². The zero-order valence-electron chi connectivity index (χ0n) is 8.55. The Morgan fingerprint density at radius 2 is 1.46 bits per heavy atom. The first-order chi connectivity index (χ1) is 5.77. The fourth-order valence-electron chi connectivity index (χ4n) is 1.23. The number of carbonyl (C=O) groups is 1. The third-order valence-electron chi connectivity index (χ3n) is 1.98. The van der Waals surface area contributed by atoms with Crippen molar-refractivity contribution in [2.24, 2.45) is 0 Å². The van der Waals surface area contributed by atoms with Crippen molar-refractivity contribution >= 4 is 23.3 Å². The molecule has 13 heavy (non-hydrogen) atoms. The van der Waals surface area contributed by atoms with Crippen LogP contribution < -0.4 is 5.11 Å². The van der Waals surface area contributed by atoms with Gasteiger partial charge in [-0.3, -0.25) is 0 Å². The molecule has 0 amide bonds. The van der Waals surface area contributed by atoms with E-state index in [2.05, 4.69) is 6.92 Å². The summed E-state index contributed by atoms with van der Waals surface area (Å²) in [6.45, 7) is 2.19. The molecule has 3 heteroatoms. The number of unbranched alkanes of at least 4 members (excludes halogenated alkanes) is 6. The van der Waals surface area contributed by atoms with Crippen molar-refractivity contribution in [3.63, 3.8) is 0 Å². The molecule has 0 saturated heterocycles. The van der Waals surface area contributed by atoms with Crippen LogP contribution in [0.15, 0.2) is 0 Å². The molecular weight excluding hydrogens is 179 g/mol. The molecule has 0 aliphatic heterocycles. The maximum Gasteiger partial charge on any atom is 1.00 e. The van der Waals surface area contributed by atoms with Crippen LogP contribution >= 0.6 is 0 Å². The van der Waals surface area contributed by atoms with Gasteiger partial charge in [0.2, 0.25) is 0 Å². The minimum Gasteiger partial charge on any atom is -0.550 e. The molecule has 0 unspecified atom stereocenters. The predicted molar refractivity (Wildman–Crippen MR) is 53.4 cm³/mol. The molecule has 0 aromatic carbocycles. The zero-order valence-corrected chi connectivity index (χ0v) is 9.71. The van der Waals surface area contributed by atoms with E-state index in [1.54, 1.807) is 0 Å². The summed E-state index contributed by atoms with van der Waals surface area (Å²) in [6.07, 6.45) is 8.34. The summed E-state index contributed by atoms with van der Waals surface area (Å²) in [6, 6.07) is 0. The summed E-state index contributed by atoms with van der Waals surface area (Å²) in [7, 11) is 0. The minimum absolute atomic E-state index is 0. The molecule has 0 saturated carbocycles. The smallest absolute Gasteiger partial charge is 0.550 e. The van der Waals surface area contributed by atoms with Crippen LogP contribution in [0.4, 0.5) is 0 Å². The van der Waals surface area contributed by atoms with E-state index in [0.29, 0.717) is 0 Å². The maximum atomic E-state index is 10.0. The summed E-state index contributed by atoms with van der Waals surface area (Å²) < 4.78 is 0. The molecule has 0 aliphatic rings. The molecule has 0 N–H and O–H groups in total. The molecule has 0 fully saturated rings. The van der Waals surface area contributed by atoms with Crippen LogP contribution in [-0.4, -0.2) is 23.3 Å². The Bertz CT molecular complexity index is 115. The van der Waals surface area contributed by atoms with Gasteiger partial charge in [0.25, 0.3) is 0 Å². The van der Waals surface area contributed by atoms with Gasteiger partial charge in [-0.25, -0.2) is 0 Å². The number of aliphatic carboxylic acids is 1. The van der Waals surface area contributed by atoms with Crippen molar-refractivity contribution in [3.05, 3.63) is 0 Å². The molecule has 2 radical (unpaired) electrons. The third-order valence-corrected chi connectivity index (χ3v) is 1.98. The minimum atomic E-state index is -0.913. The van der Waals surface area contributed by atoms with Gasteiger partial charge in [-0.05, 0) is 12.8 Å². The van der Waals surface area contributed by atoms with Crippen molar-refractivity contribution in [1.29, 1.82) is 0 Å². The van der Waals surface area contributed by atoms with Gasteiger partial charge in [0.05, 0.1) is 0 Å². The Labute approximate surface area is 91.9 Å². The average molecular weight is 198 g/mol. The van der Waals surface area contributed by atoms with Crippen molar-refractivity contribution in [2.45, 2.75) is 58.3 Å². The van der Waals surface area contributed by atoms with E-state index in [1.165, 1.54) is 32.1 Å². The Morgan fingerprint density at radius 1 is 1.00 bits per heavy atom. The summed E-state index contributed by atoms with van der Waals surface area (Å²) >= 11 is 0. The summed E-state index contributed by atoms with van der Waals surface area (Å²) in [5.74, 6) is -0.913. The fourth-order valence-corrected chi connectivity index (χ4v) is 1.23. The van der Waals surface area contributed by atoms with Crippen LogP contribution in [-0.2, 0) is 4.79 Å². The van der Waals surface area contributed by atoms with Crippen LogP contribution in [0.5, 0.6) is 0 Å². The molecule has 0 heterocycles. The van der Waals surface area contributed by atoms with Gasteiger partial charge < -0.3 is 9.90 Å². The standard InChI is InChI=1S/C10H20O2.Al/c1-2-3-4-5-6-7-8-9-10(11)12;/h2-9H2,1H3,(H,11,12);/q;+1/p-1. The first kappa shape index (κ1) is 15.5. The first-order valence-electron chi connectivity index (χ1n) is 4.97. The number of carbonyl (C=O) groups excluding carboxylic acids is 1. The van der Waals surface area contributed by atoms with E-state index in [-0.39, 0.29) is 23.8 Å². The second-order valence-corrected chi connectivity index (χ2v) is 3.24. The maximum absolute atomic E-state index is 10.0. The second kappa shape index (κ2) is 12.0. The van der Waals surface area contributed by atoms with Crippen LogP contribution in [0.1, 0.15) is 58.3 Å². The van der Waals surface area contributed by atoms with Gasteiger partial charge in [0.1, 0.15) is 0 Å². The largest absolute Gasteiger partial charge is 1.00 e. The molecule has 0 spiro atoms. The number of carboxylic acids is 1. The Hall–Kier alpha value is 0.00247.